The van der Waals surface area contributed by atoms with E-state index in [0.29, 0.717) is 23.3 Å². The molecule has 3 amide bonds. The van der Waals surface area contributed by atoms with Gasteiger partial charge in [-0.1, -0.05) is 12.7 Å². The van der Waals surface area contributed by atoms with Crippen LogP contribution in [0.3, 0.4) is 0 Å². The lowest BCUT2D eigenvalue weighted by Crippen LogP contribution is -2.33. The van der Waals surface area contributed by atoms with Gasteiger partial charge in [0.15, 0.2) is 0 Å². The van der Waals surface area contributed by atoms with Crippen LogP contribution in [0.5, 0.6) is 11.5 Å². The van der Waals surface area contributed by atoms with Crippen LogP contribution in [0, 0.1) is 0 Å². The number of carbonyl (C=O) groups excluding carboxylic acids is 2. The second kappa shape index (κ2) is 8.14. The minimum Gasteiger partial charge on any atom is -0.455 e. The molecule has 4 rings (SSSR count). The zero-order chi connectivity index (χ0) is 22.9. The SMILES string of the molecule is C=Cc1cc(N2C(=O)CN(c3cncc(C(F)(F)F)c3)C2=O)ccc1Oc1cccnc1. The predicted molar refractivity (Wildman–Crippen MR) is 110 cm³/mol. The number of benzene rings is 1. The van der Waals surface area contributed by atoms with Crippen molar-refractivity contribution in [2.24, 2.45) is 0 Å². The zero-order valence-electron chi connectivity index (χ0n) is 16.4. The summed E-state index contributed by atoms with van der Waals surface area (Å²) in [6.07, 6.45) is 1.74. The minimum atomic E-state index is -4.63. The summed E-state index contributed by atoms with van der Waals surface area (Å²) in [7, 11) is 0. The number of nitrogens with zero attached hydrogens (tertiary/aromatic N) is 4. The number of hydrogen-bond acceptors (Lipinski definition) is 5. The number of imide groups is 1. The average molecular weight is 440 g/mol. The van der Waals surface area contributed by atoms with Crippen LogP contribution >= 0.6 is 0 Å². The number of pyridine rings is 2. The molecule has 0 spiro atoms. The van der Waals surface area contributed by atoms with Gasteiger partial charge in [-0.3, -0.25) is 19.7 Å². The van der Waals surface area contributed by atoms with E-state index in [9.17, 15) is 22.8 Å². The molecule has 162 valence electrons. The van der Waals surface area contributed by atoms with Crippen molar-refractivity contribution in [2.45, 2.75) is 6.18 Å². The lowest BCUT2D eigenvalue weighted by Gasteiger charge is -2.19. The van der Waals surface area contributed by atoms with E-state index < -0.39 is 30.2 Å². The number of aromatic nitrogens is 2. The summed E-state index contributed by atoms with van der Waals surface area (Å²) < 4.78 is 44.8. The molecule has 0 bridgehead atoms. The molecule has 10 heteroatoms. The molecular formula is C22H15F3N4O3. The monoisotopic (exact) mass is 440 g/mol. The molecule has 3 heterocycles. The standard InChI is InChI=1S/C22H15F3N4O3/c1-2-14-8-16(5-6-19(14)32-18-4-3-7-26-12-18)29-20(30)13-28(21(29)31)17-9-15(10-27-11-17)22(23,24)25/h2-12H,1,13H2. The van der Waals surface area contributed by atoms with E-state index in [0.717, 1.165) is 22.1 Å². The van der Waals surface area contributed by atoms with Gasteiger partial charge in [0.05, 0.1) is 29.3 Å². The van der Waals surface area contributed by atoms with Gasteiger partial charge in [-0.25, -0.2) is 9.69 Å². The maximum absolute atomic E-state index is 13.0. The van der Waals surface area contributed by atoms with Crippen molar-refractivity contribution in [3.63, 3.8) is 0 Å². The van der Waals surface area contributed by atoms with Crippen LogP contribution in [0.25, 0.3) is 6.08 Å². The Bertz CT molecular complexity index is 1200. The number of urea groups is 1. The van der Waals surface area contributed by atoms with Crippen molar-refractivity contribution < 1.29 is 27.5 Å². The first-order valence-corrected chi connectivity index (χ1v) is 9.29. The van der Waals surface area contributed by atoms with Gasteiger partial charge in [0, 0.05) is 18.0 Å². The van der Waals surface area contributed by atoms with E-state index in [4.69, 9.17) is 4.74 Å². The summed E-state index contributed by atoms with van der Waals surface area (Å²) in [6.45, 7) is 3.31. The molecular weight excluding hydrogens is 425 g/mol. The number of halogens is 3. The molecule has 3 aromatic rings. The van der Waals surface area contributed by atoms with Gasteiger partial charge >= 0.3 is 12.2 Å². The molecule has 7 nitrogen and oxygen atoms in total. The predicted octanol–water partition coefficient (Wildman–Crippen LogP) is 4.90. The van der Waals surface area contributed by atoms with E-state index in [-0.39, 0.29) is 11.4 Å². The Kier molecular flexibility index (Phi) is 5.35. The minimum absolute atomic E-state index is 0.124. The van der Waals surface area contributed by atoms with Crippen LogP contribution in [-0.2, 0) is 11.0 Å². The van der Waals surface area contributed by atoms with Crippen molar-refractivity contribution in [3.05, 3.63) is 78.9 Å². The average Bonchev–Trinajstić information content (AvgIpc) is 3.08. The third-order valence-corrected chi connectivity index (χ3v) is 4.66. The van der Waals surface area contributed by atoms with Gasteiger partial charge in [0.1, 0.15) is 18.0 Å². The molecule has 1 aliphatic rings. The summed E-state index contributed by atoms with van der Waals surface area (Å²) >= 11 is 0. The Hall–Kier alpha value is -4.21. The molecule has 2 aromatic heterocycles. The molecule has 1 aromatic carbocycles. The fourth-order valence-electron chi connectivity index (χ4n) is 3.15. The Labute approximate surface area is 180 Å². The Balaban J connectivity index is 1.62. The van der Waals surface area contributed by atoms with Crippen LogP contribution in [-0.4, -0.2) is 28.5 Å². The molecule has 32 heavy (non-hydrogen) atoms. The number of rotatable bonds is 5. The highest BCUT2D eigenvalue weighted by atomic mass is 19.4. The second-order valence-electron chi connectivity index (χ2n) is 6.74. The molecule has 1 saturated heterocycles. The first kappa shape index (κ1) is 21.0. The summed E-state index contributed by atoms with van der Waals surface area (Å²) in [5, 5.41) is 0. The first-order chi connectivity index (χ1) is 15.3. The molecule has 0 radical (unpaired) electrons. The van der Waals surface area contributed by atoms with Gasteiger partial charge in [0.2, 0.25) is 0 Å². The van der Waals surface area contributed by atoms with Crippen molar-refractivity contribution in [1.29, 1.82) is 0 Å². The third kappa shape index (κ3) is 4.02. The summed E-state index contributed by atoms with van der Waals surface area (Å²) in [6, 6.07) is 8.01. The summed E-state index contributed by atoms with van der Waals surface area (Å²) in [4.78, 5) is 34.8. The van der Waals surface area contributed by atoms with Gasteiger partial charge in [-0.15, -0.1) is 0 Å². The van der Waals surface area contributed by atoms with E-state index in [1.807, 2.05) is 0 Å². The molecule has 0 atom stereocenters. The molecule has 0 N–H and O–H groups in total. The van der Waals surface area contributed by atoms with Crippen LogP contribution in [0.15, 0.2) is 67.8 Å². The molecule has 0 aliphatic carbocycles. The van der Waals surface area contributed by atoms with Crippen LogP contribution < -0.4 is 14.5 Å². The second-order valence-corrected chi connectivity index (χ2v) is 6.74. The van der Waals surface area contributed by atoms with Gasteiger partial charge in [-0.2, -0.15) is 13.2 Å². The van der Waals surface area contributed by atoms with Crippen molar-refractivity contribution >= 4 is 29.4 Å². The van der Waals surface area contributed by atoms with Gasteiger partial charge in [-0.05, 0) is 36.4 Å². The van der Waals surface area contributed by atoms with Crippen molar-refractivity contribution in [2.75, 3.05) is 16.3 Å². The van der Waals surface area contributed by atoms with Crippen molar-refractivity contribution in [3.8, 4) is 11.5 Å². The Morgan fingerprint density at radius 2 is 1.84 bits per heavy atom. The van der Waals surface area contributed by atoms with Crippen LogP contribution in [0.2, 0.25) is 0 Å². The quantitative estimate of drug-likeness (QED) is 0.528. The summed E-state index contributed by atoms with van der Waals surface area (Å²) in [5.41, 5.74) is -0.400. The number of alkyl halides is 3. The number of anilines is 2. The van der Waals surface area contributed by atoms with Crippen molar-refractivity contribution in [1.82, 2.24) is 9.97 Å². The van der Waals surface area contributed by atoms with E-state index in [2.05, 4.69) is 16.5 Å². The van der Waals surface area contributed by atoms with E-state index in [1.54, 1.807) is 24.4 Å². The summed E-state index contributed by atoms with van der Waals surface area (Å²) in [5.74, 6) is 0.318. The number of amides is 3. The van der Waals surface area contributed by atoms with E-state index in [1.165, 1.54) is 24.4 Å². The van der Waals surface area contributed by atoms with Crippen LogP contribution in [0.1, 0.15) is 11.1 Å². The topological polar surface area (TPSA) is 75.6 Å². The number of hydrogen-bond donors (Lipinski definition) is 0. The maximum atomic E-state index is 13.0. The number of carbonyl (C=O) groups is 2. The normalized spacial score (nSPS) is 14.1. The van der Waals surface area contributed by atoms with E-state index >= 15 is 0 Å². The van der Waals surface area contributed by atoms with Crippen LogP contribution in [0.4, 0.5) is 29.3 Å². The zero-order valence-corrected chi connectivity index (χ0v) is 16.4. The van der Waals surface area contributed by atoms with Gasteiger partial charge < -0.3 is 4.74 Å². The highest BCUT2D eigenvalue weighted by Gasteiger charge is 2.39. The Morgan fingerprint density at radius 1 is 1.03 bits per heavy atom. The molecule has 0 saturated carbocycles. The smallest absolute Gasteiger partial charge is 0.417 e. The number of ether oxygens (including phenoxy) is 1. The highest BCUT2D eigenvalue weighted by Crippen LogP contribution is 2.34. The first-order valence-electron chi connectivity index (χ1n) is 9.29. The Morgan fingerprint density at radius 3 is 2.53 bits per heavy atom. The van der Waals surface area contributed by atoms with Gasteiger partial charge in [0.25, 0.3) is 5.91 Å². The lowest BCUT2D eigenvalue weighted by molar-refractivity contribution is -0.137. The largest absolute Gasteiger partial charge is 0.455 e. The highest BCUT2D eigenvalue weighted by molar-refractivity contribution is 6.27. The third-order valence-electron chi connectivity index (χ3n) is 4.66. The molecule has 1 aliphatic heterocycles. The maximum Gasteiger partial charge on any atom is 0.417 e. The fourth-order valence-corrected chi connectivity index (χ4v) is 3.15. The molecule has 1 fully saturated rings. The fraction of sp³-hybridized carbons (Fsp3) is 0.0909. The lowest BCUT2D eigenvalue weighted by atomic mass is 10.1. The molecule has 0 unspecified atom stereocenters.